The Labute approximate surface area is 141 Å². The molecule has 0 saturated carbocycles. The molecule has 7 heteroatoms. The number of hydrogen-bond acceptors (Lipinski definition) is 3. The number of sulfonamides is 1. The van der Waals surface area contributed by atoms with Crippen LogP contribution in [0.1, 0.15) is 5.56 Å². The van der Waals surface area contributed by atoms with Gasteiger partial charge in [-0.15, -0.1) is 0 Å². The van der Waals surface area contributed by atoms with E-state index in [-0.39, 0.29) is 25.4 Å². The lowest BCUT2D eigenvalue weighted by Crippen LogP contribution is -2.38. The van der Waals surface area contributed by atoms with Crippen LogP contribution in [0.2, 0.25) is 0 Å². The molecule has 0 heterocycles. The highest BCUT2D eigenvalue weighted by Gasteiger charge is 2.17. The van der Waals surface area contributed by atoms with Crippen LogP contribution in [0.25, 0.3) is 0 Å². The average molecular weight is 350 g/mol. The van der Waals surface area contributed by atoms with Crippen molar-refractivity contribution < 1.29 is 17.6 Å². The Morgan fingerprint density at radius 2 is 1.71 bits per heavy atom. The molecule has 0 bridgehead atoms. The quantitative estimate of drug-likeness (QED) is 0.830. The maximum absolute atomic E-state index is 13.5. The summed E-state index contributed by atoms with van der Waals surface area (Å²) < 4.78 is 38.5. The predicted molar refractivity (Wildman–Crippen MR) is 91.7 cm³/mol. The summed E-state index contributed by atoms with van der Waals surface area (Å²) in [6.07, 6.45) is 1.03. The van der Waals surface area contributed by atoms with E-state index in [1.165, 1.54) is 10.4 Å². The molecular weight excluding hydrogens is 331 g/mol. The van der Waals surface area contributed by atoms with E-state index in [1.807, 2.05) is 0 Å². The van der Waals surface area contributed by atoms with Crippen molar-refractivity contribution in [2.45, 2.75) is 6.42 Å². The normalized spacial score (nSPS) is 11.1. The van der Waals surface area contributed by atoms with E-state index in [4.69, 9.17) is 0 Å². The number of nitrogens with one attached hydrogen (secondary N) is 1. The van der Waals surface area contributed by atoms with Crippen LogP contribution >= 0.6 is 0 Å². The molecule has 1 amide bonds. The van der Waals surface area contributed by atoms with Gasteiger partial charge in [-0.3, -0.25) is 9.10 Å². The number of halogens is 1. The third-order valence-corrected chi connectivity index (χ3v) is 4.58. The van der Waals surface area contributed by atoms with Gasteiger partial charge >= 0.3 is 0 Å². The van der Waals surface area contributed by atoms with Gasteiger partial charge in [0.15, 0.2) is 0 Å². The fourth-order valence-electron chi connectivity index (χ4n) is 2.25. The Balaban J connectivity index is 1.94. The SMILES string of the molecule is CS(=O)(=O)N(CCNC(=O)Cc1ccccc1F)c1ccccc1. The summed E-state index contributed by atoms with van der Waals surface area (Å²) >= 11 is 0. The first-order valence-electron chi connectivity index (χ1n) is 7.41. The van der Waals surface area contributed by atoms with E-state index in [0.717, 1.165) is 6.26 Å². The third kappa shape index (κ3) is 5.06. The van der Waals surface area contributed by atoms with Crippen LogP contribution in [0.3, 0.4) is 0 Å². The Morgan fingerprint density at radius 3 is 2.33 bits per heavy atom. The number of benzene rings is 2. The number of nitrogens with zero attached hydrogens (tertiary/aromatic N) is 1. The van der Waals surface area contributed by atoms with Crippen molar-refractivity contribution in [3.8, 4) is 0 Å². The molecule has 0 unspecified atom stereocenters. The lowest BCUT2D eigenvalue weighted by molar-refractivity contribution is -0.120. The van der Waals surface area contributed by atoms with Crippen LogP contribution < -0.4 is 9.62 Å². The fourth-order valence-corrected chi connectivity index (χ4v) is 3.18. The van der Waals surface area contributed by atoms with Crippen LogP contribution in [0, 0.1) is 5.82 Å². The van der Waals surface area contributed by atoms with Gasteiger partial charge in [-0.2, -0.15) is 0 Å². The lowest BCUT2D eigenvalue weighted by Gasteiger charge is -2.22. The topological polar surface area (TPSA) is 66.5 Å². The minimum Gasteiger partial charge on any atom is -0.354 e. The number of hydrogen-bond donors (Lipinski definition) is 1. The van der Waals surface area contributed by atoms with Crippen molar-refractivity contribution >= 4 is 21.6 Å². The zero-order chi connectivity index (χ0) is 17.6. The molecule has 2 aromatic rings. The van der Waals surface area contributed by atoms with Gasteiger partial charge in [-0.25, -0.2) is 12.8 Å². The summed E-state index contributed by atoms with van der Waals surface area (Å²) in [7, 11) is -3.46. The van der Waals surface area contributed by atoms with Crippen LogP contribution in [0.5, 0.6) is 0 Å². The van der Waals surface area contributed by atoms with Crippen LogP contribution in [-0.4, -0.2) is 33.7 Å². The zero-order valence-electron chi connectivity index (χ0n) is 13.3. The summed E-state index contributed by atoms with van der Waals surface area (Å²) in [6.45, 7) is 0.237. The first kappa shape index (κ1) is 17.9. The fraction of sp³-hybridized carbons (Fsp3) is 0.235. The van der Waals surface area contributed by atoms with E-state index in [2.05, 4.69) is 5.32 Å². The van der Waals surface area contributed by atoms with Crippen molar-refractivity contribution in [3.05, 3.63) is 66.0 Å². The monoisotopic (exact) mass is 350 g/mol. The second kappa shape index (κ2) is 7.92. The summed E-state index contributed by atoms with van der Waals surface area (Å²) in [5.74, 6) is -0.795. The van der Waals surface area contributed by atoms with Crippen LogP contribution in [0.15, 0.2) is 54.6 Å². The van der Waals surface area contributed by atoms with E-state index >= 15 is 0 Å². The van der Waals surface area contributed by atoms with Gasteiger partial charge in [0, 0.05) is 6.54 Å². The number of anilines is 1. The standard InChI is InChI=1S/C17H19FN2O3S/c1-24(22,23)20(15-8-3-2-4-9-15)12-11-19-17(21)13-14-7-5-6-10-16(14)18/h2-10H,11-13H2,1H3,(H,19,21). The molecule has 0 atom stereocenters. The van der Waals surface area contributed by atoms with Crippen molar-refractivity contribution in [2.24, 2.45) is 0 Å². The molecule has 2 rings (SSSR count). The number of carbonyl (C=O) groups excluding carboxylic acids is 1. The second-order valence-electron chi connectivity index (χ2n) is 5.29. The third-order valence-electron chi connectivity index (χ3n) is 3.39. The van der Waals surface area contributed by atoms with Crippen molar-refractivity contribution in [2.75, 3.05) is 23.7 Å². The predicted octanol–water partition coefficient (Wildman–Crippen LogP) is 1.95. The Kier molecular flexibility index (Phi) is 5.92. The van der Waals surface area contributed by atoms with Gasteiger partial charge in [0.25, 0.3) is 0 Å². The summed E-state index contributed by atoms with van der Waals surface area (Å²) in [4.78, 5) is 11.9. The van der Waals surface area contributed by atoms with E-state index in [1.54, 1.807) is 48.5 Å². The average Bonchev–Trinajstić information content (AvgIpc) is 2.53. The van der Waals surface area contributed by atoms with Gasteiger partial charge in [-0.05, 0) is 23.8 Å². The molecule has 0 fully saturated rings. The molecule has 0 saturated heterocycles. The summed E-state index contributed by atoms with van der Waals surface area (Å²) in [5, 5.41) is 2.62. The van der Waals surface area contributed by atoms with Gasteiger partial charge < -0.3 is 5.32 Å². The van der Waals surface area contributed by atoms with Gasteiger partial charge in [0.05, 0.1) is 24.9 Å². The first-order chi connectivity index (χ1) is 11.4. The first-order valence-corrected chi connectivity index (χ1v) is 9.25. The van der Waals surface area contributed by atoms with Crippen molar-refractivity contribution in [1.29, 1.82) is 0 Å². The van der Waals surface area contributed by atoms with E-state index < -0.39 is 15.8 Å². The Bertz CT molecular complexity index is 794. The maximum Gasteiger partial charge on any atom is 0.232 e. The molecule has 0 aliphatic heterocycles. The molecule has 0 aromatic heterocycles. The molecule has 128 valence electrons. The highest BCUT2D eigenvalue weighted by atomic mass is 32.2. The summed E-state index contributed by atoms with van der Waals surface area (Å²) in [5.41, 5.74) is 0.835. The number of amides is 1. The zero-order valence-corrected chi connectivity index (χ0v) is 14.1. The second-order valence-corrected chi connectivity index (χ2v) is 7.20. The molecule has 24 heavy (non-hydrogen) atoms. The van der Waals surface area contributed by atoms with Crippen molar-refractivity contribution in [3.63, 3.8) is 0 Å². The number of carbonyl (C=O) groups is 1. The minimum atomic E-state index is -3.46. The number of rotatable bonds is 7. The van der Waals surface area contributed by atoms with Crippen LogP contribution in [-0.2, 0) is 21.2 Å². The molecular formula is C17H19FN2O3S. The largest absolute Gasteiger partial charge is 0.354 e. The van der Waals surface area contributed by atoms with E-state index in [9.17, 15) is 17.6 Å². The van der Waals surface area contributed by atoms with Crippen LogP contribution in [0.4, 0.5) is 10.1 Å². The van der Waals surface area contributed by atoms with Gasteiger partial charge in [0.1, 0.15) is 5.82 Å². The van der Waals surface area contributed by atoms with E-state index in [0.29, 0.717) is 11.3 Å². The summed E-state index contributed by atoms with van der Waals surface area (Å²) in [6, 6.07) is 14.7. The Morgan fingerprint density at radius 1 is 1.08 bits per heavy atom. The molecule has 2 aromatic carbocycles. The maximum atomic E-state index is 13.5. The molecule has 0 aliphatic carbocycles. The smallest absolute Gasteiger partial charge is 0.232 e. The highest BCUT2D eigenvalue weighted by molar-refractivity contribution is 7.92. The molecule has 5 nitrogen and oxygen atoms in total. The molecule has 0 spiro atoms. The molecule has 0 radical (unpaired) electrons. The molecule has 0 aliphatic rings. The minimum absolute atomic E-state index is 0.0864. The molecule has 1 N–H and O–H groups in total. The Hall–Kier alpha value is -2.41. The van der Waals surface area contributed by atoms with Gasteiger partial charge in [-0.1, -0.05) is 36.4 Å². The highest BCUT2D eigenvalue weighted by Crippen LogP contribution is 2.15. The lowest BCUT2D eigenvalue weighted by atomic mass is 10.1. The number of para-hydroxylation sites is 1. The van der Waals surface area contributed by atoms with Crippen molar-refractivity contribution in [1.82, 2.24) is 5.32 Å². The van der Waals surface area contributed by atoms with Gasteiger partial charge in [0.2, 0.25) is 15.9 Å².